The second kappa shape index (κ2) is 5.25. The molecule has 2 rings (SSSR count). The zero-order valence-corrected chi connectivity index (χ0v) is 9.78. The van der Waals surface area contributed by atoms with Crippen LogP contribution in [-0.2, 0) is 18.3 Å². The Balaban J connectivity index is 1.59. The van der Waals surface area contributed by atoms with E-state index in [0.29, 0.717) is 24.7 Å². The van der Waals surface area contributed by atoms with Crippen molar-refractivity contribution in [2.45, 2.75) is 38.1 Å². The fraction of sp³-hybridized carbons (Fsp3) is 0.667. The Morgan fingerprint density at radius 2 is 2.38 bits per heavy atom. The Hall–Kier alpha value is -1.16. The van der Waals surface area contributed by atoms with Gasteiger partial charge in [-0.15, -0.1) is 0 Å². The highest BCUT2D eigenvalue weighted by molar-refractivity contribution is 5.78. The van der Waals surface area contributed by atoms with Crippen LogP contribution < -0.4 is 5.32 Å². The monoisotopic (exact) mass is 221 g/mol. The van der Waals surface area contributed by atoms with E-state index in [-0.39, 0.29) is 0 Å². The minimum absolute atomic E-state index is 0.344. The van der Waals surface area contributed by atoms with Gasteiger partial charge in [0.1, 0.15) is 5.78 Å². The first-order chi connectivity index (χ1) is 7.74. The Kier molecular flexibility index (Phi) is 3.72. The fourth-order valence-electron chi connectivity index (χ4n) is 1.71. The van der Waals surface area contributed by atoms with Crippen LogP contribution in [0.15, 0.2) is 12.4 Å². The number of Topliss-reactive ketones (excluding diaryl/α,β-unsaturated/α-hetero) is 1. The molecular formula is C12H19N3O. The number of aryl methyl sites for hydroxylation is 2. The third-order valence-corrected chi connectivity index (χ3v) is 2.87. The third-order valence-electron chi connectivity index (χ3n) is 2.87. The smallest absolute Gasteiger partial charge is 0.134 e. The summed E-state index contributed by atoms with van der Waals surface area (Å²) in [6, 6.07) is 0.700. The van der Waals surface area contributed by atoms with E-state index in [9.17, 15) is 4.79 Å². The van der Waals surface area contributed by atoms with Gasteiger partial charge in [0.05, 0.1) is 6.20 Å². The third kappa shape index (κ3) is 3.77. The van der Waals surface area contributed by atoms with E-state index in [2.05, 4.69) is 10.4 Å². The number of carbonyl (C=O) groups is 1. The summed E-state index contributed by atoms with van der Waals surface area (Å²) in [5.74, 6) is 0.344. The van der Waals surface area contributed by atoms with Crippen LogP contribution in [0.2, 0.25) is 0 Å². The van der Waals surface area contributed by atoms with Crippen LogP contribution in [0.5, 0.6) is 0 Å². The predicted octanol–water partition coefficient (Wildman–Crippen LogP) is 1.06. The molecule has 1 fully saturated rings. The number of hydrogen-bond acceptors (Lipinski definition) is 3. The van der Waals surface area contributed by atoms with Gasteiger partial charge in [-0.05, 0) is 24.8 Å². The minimum atomic E-state index is 0.344. The molecule has 4 heteroatoms. The average Bonchev–Trinajstić information content (AvgIpc) is 2.98. The number of hydrogen-bond donors (Lipinski definition) is 1. The molecule has 0 unspecified atom stereocenters. The normalized spacial score (nSPS) is 15.3. The van der Waals surface area contributed by atoms with Crippen LogP contribution in [0.1, 0.15) is 31.2 Å². The molecular weight excluding hydrogens is 202 g/mol. The summed E-state index contributed by atoms with van der Waals surface area (Å²) >= 11 is 0. The molecule has 1 aromatic rings. The minimum Gasteiger partial charge on any atom is -0.314 e. The Labute approximate surface area is 96.0 Å². The number of nitrogens with one attached hydrogen (secondary N) is 1. The molecule has 1 aromatic heterocycles. The molecule has 0 spiro atoms. The lowest BCUT2D eigenvalue weighted by molar-refractivity contribution is -0.118. The second-order valence-corrected chi connectivity index (χ2v) is 4.54. The molecule has 1 aliphatic rings. The summed E-state index contributed by atoms with van der Waals surface area (Å²) in [6.45, 7) is 0.844. The highest BCUT2D eigenvalue weighted by atomic mass is 16.1. The van der Waals surface area contributed by atoms with Crippen molar-refractivity contribution in [2.75, 3.05) is 6.54 Å². The van der Waals surface area contributed by atoms with E-state index in [4.69, 9.17) is 0 Å². The van der Waals surface area contributed by atoms with Crippen molar-refractivity contribution >= 4 is 5.78 Å². The molecule has 4 nitrogen and oxygen atoms in total. The lowest BCUT2D eigenvalue weighted by atomic mass is 10.1. The molecule has 0 radical (unpaired) electrons. The molecule has 1 aliphatic carbocycles. The van der Waals surface area contributed by atoms with E-state index < -0.39 is 0 Å². The number of ketones is 1. The molecule has 16 heavy (non-hydrogen) atoms. The van der Waals surface area contributed by atoms with Crippen LogP contribution >= 0.6 is 0 Å². The van der Waals surface area contributed by atoms with Crippen LogP contribution in [0.4, 0.5) is 0 Å². The largest absolute Gasteiger partial charge is 0.314 e. The van der Waals surface area contributed by atoms with Crippen molar-refractivity contribution in [1.29, 1.82) is 0 Å². The zero-order valence-electron chi connectivity index (χ0n) is 9.78. The molecule has 0 aromatic carbocycles. The van der Waals surface area contributed by atoms with Gasteiger partial charge in [-0.2, -0.15) is 5.10 Å². The topological polar surface area (TPSA) is 46.9 Å². The van der Waals surface area contributed by atoms with Crippen molar-refractivity contribution in [3.8, 4) is 0 Å². The van der Waals surface area contributed by atoms with Gasteiger partial charge in [-0.1, -0.05) is 0 Å². The number of rotatable bonds is 7. The van der Waals surface area contributed by atoms with E-state index in [1.807, 2.05) is 19.4 Å². The zero-order chi connectivity index (χ0) is 11.4. The lowest BCUT2D eigenvalue weighted by Gasteiger charge is -2.01. The average molecular weight is 221 g/mol. The molecule has 1 saturated carbocycles. The van der Waals surface area contributed by atoms with Crippen LogP contribution in [0.25, 0.3) is 0 Å². The highest BCUT2D eigenvalue weighted by Crippen LogP contribution is 2.18. The molecule has 0 amide bonds. The summed E-state index contributed by atoms with van der Waals surface area (Å²) < 4.78 is 1.77. The van der Waals surface area contributed by atoms with Crippen molar-refractivity contribution in [1.82, 2.24) is 15.1 Å². The van der Waals surface area contributed by atoms with Crippen LogP contribution in [0.3, 0.4) is 0 Å². The van der Waals surface area contributed by atoms with Crippen LogP contribution in [-0.4, -0.2) is 28.2 Å². The maximum absolute atomic E-state index is 11.6. The van der Waals surface area contributed by atoms with Gasteiger partial charge < -0.3 is 5.32 Å². The quantitative estimate of drug-likeness (QED) is 0.749. The van der Waals surface area contributed by atoms with Gasteiger partial charge >= 0.3 is 0 Å². The Bertz CT molecular complexity index is 355. The van der Waals surface area contributed by atoms with Crippen LogP contribution in [0, 0.1) is 0 Å². The number of nitrogens with zero attached hydrogens (tertiary/aromatic N) is 2. The standard InChI is InChI=1S/C12H19N3O/c1-15-9-10(8-14-15)2-5-12(16)6-7-13-11-3-4-11/h8-9,11,13H,2-7H2,1H3. The molecule has 0 aliphatic heterocycles. The Morgan fingerprint density at radius 1 is 1.56 bits per heavy atom. The maximum atomic E-state index is 11.6. The molecule has 1 heterocycles. The van der Waals surface area contributed by atoms with Crippen molar-refractivity contribution < 1.29 is 4.79 Å². The second-order valence-electron chi connectivity index (χ2n) is 4.54. The molecule has 1 N–H and O–H groups in total. The summed E-state index contributed by atoms with van der Waals surface area (Å²) in [7, 11) is 1.89. The summed E-state index contributed by atoms with van der Waals surface area (Å²) in [5.41, 5.74) is 1.14. The number of aromatic nitrogens is 2. The fourth-order valence-corrected chi connectivity index (χ4v) is 1.71. The lowest BCUT2D eigenvalue weighted by Crippen LogP contribution is -2.20. The molecule has 0 bridgehead atoms. The van der Waals surface area contributed by atoms with Crippen molar-refractivity contribution in [2.24, 2.45) is 7.05 Å². The first-order valence-corrected chi connectivity index (χ1v) is 5.96. The summed E-state index contributed by atoms with van der Waals surface area (Å²) in [5, 5.41) is 7.43. The highest BCUT2D eigenvalue weighted by Gasteiger charge is 2.19. The van der Waals surface area contributed by atoms with E-state index in [1.54, 1.807) is 4.68 Å². The maximum Gasteiger partial charge on any atom is 0.134 e. The van der Waals surface area contributed by atoms with E-state index >= 15 is 0 Å². The number of carbonyl (C=O) groups excluding carboxylic acids is 1. The molecule has 0 saturated heterocycles. The Morgan fingerprint density at radius 3 is 3.00 bits per heavy atom. The SMILES string of the molecule is Cn1cc(CCC(=O)CCNC2CC2)cn1. The van der Waals surface area contributed by atoms with Gasteiger partial charge in [-0.25, -0.2) is 0 Å². The van der Waals surface area contributed by atoms with Gasteiger partial charge in [0, 0.05) is 38.7 Å². The first-order valence-electron chi connectivity index (χ1n) is 5.96. The van der Waals surface area contributed by atoms with Gasteiger partial charge in [0.15, 0.2) is 0 Å². The van der Waals surface area contributed by atoms with Crippen molar-refractivity contribution in [3.63, 3.8) is 0 Å². The summed E-state index contributed by atoms with van der Waals surface area (Å²) in [6.07, 6.45) is 8.48. The van der Waals surface area contributed by atoms with Crippen molar-refractivity contribution in [3.05, 3.63) is 18.0 Å². The van der Waals surface area contributed by atoms with Gasteiger partial charge in [0.2, 0.25) is 0 Å². The van der Waals surface area contributed by atoms with E-state index in [1.165, 1.54) is 12.8 Å². The van der Waals surface area contributed by atoms with E-state index in [0.717, 1.165) is 18.5 Å². The molecule has 88 valence electrons. The predicted molar refractivity (Wildman–Crippen MR) is 62.2 cm³/mol. The summed E-state index contributed by atoms with van der Waals surface area (Å²) in [4.78, 5) is 11.6. The van der Waals surface area contributed by atoms with Gasteiger partial charge in [0.25, 0.3) is 0 Å². The van der Waals surface area contributed by atoms with Gasteiger partial charge in [-0.3, -0.25) is 9.48 Å². The molecule has 0 atom stereocenters. The first kappa shape index (κ1) is 11.3.